The summed E-state index contributed by atoms with van der Waals surface area (Å²) in [6.07, 6.45) is 8.57. The molecule has 1 aliphatic rings. The molecule has 1 rings (SSSR count). The molecule has 0 unspecified atom stereocenters. The maximum Gasteiger partial charge on any atom is 0.158 e. The van der Waals surface area contributed by atoms with E-state index in [2.05, 4.69) is 0 Å². The molecule has 0 radical (unpaired) electrons. The number of carbonyl (C=O) groups is 1. The van der Waals surface area contributed by atoms with E-state index in [9.17, 15) is 4.79 Å². The number of hydrogen-bond acceptors (Lipinski definition) is 1. The number of rotatable bonds is 1. The Morgan fingerprint density at radius 2 is 2.20 bits per heavy atom. The number of allylic oxidation sites excluding steroid dienone is 4. The van der Waals surface area contributed by atoms with Crippen LogP contribution in [0.25, 0.3) is 0 Å². The fourth-order valence-electron chi connectivity index (χ4n) is 1.13. The van der Waals surface area contributed by atoms with Gasteiger partial charge in [0, 0.05) is 6.42 Å². The highest BCUT2D eigenvalue weighted by atomic mass is 16.1. The van der Waals surface area contributed by atoms with Gasteiger partial charge in [-0.1, -0.05) is 18.2 Å². The van der Waals surface area contributed by atoms with E-state index in [1.54, 1.807) is 0 Å². The Bertz CT molecular complexity index is 187. The lowest BCUT2D eigenvalue weighted by Crippen LogP contribution is -1.89. The molecular weight excluding hydrogens is 124 g/mol. The summed E-state index contributed by atoms with van der Waals surface area (Å²) in [6, 6.07) is 0. The lowest BCUT2D eigenvalue weighted by atomic mass is 10.2. The second-order valence-electron chi connectivity index (χ2n) is 2.49. The highest BCUT2D eigenvalue weighted by Crippen LogP contribution is 2.19. The van der Waals surface area contributed by atoms with Crippen molar-refractivity contribution in [3.8, 4) is 0 Å². The lowest BCUT2D eigenvalue weighted by Gasteiger charge is -1.87. The molecule has 54 valence electrons. The second-order valence-corrected chi connectivity index (χ2v) is 2.49. The molecule has 0 aromatic heterocycles. The van der Waals surface area contributed by atoms with Crippen molar-refractivity contribution >= 4 is 5.78 Å². The van der Waals surface area contributed by atoms with Crippen LogP contribution in [0.3, 0.4) is 0 Å². The summed E-state index contributed by atoms with van der Waals surface area (Å²) in [6.45, 7) is 1.95. The van der Waals surface area contributed by atoms with Gasteiger partial charge in [-0.15, -0.1) is 0 Å². The largest absolute Gasteiger partial charge is 0.295 e. The van der Waals surface area contributed by atoms with Gasteiger partial charge in [-0.3, -0.25) is 4.79 Å². The zero-order valence-corrected chi connectivity index (χ0v) is 6.26. The SMILES string of the molecule is C/C=C/C=C1\CCCC1=O. The smallest absolute Gasteiger partial charge is 0.158 e. The first-order valence-corrected chi connectivity index (χ1v) is 3.69. The molecule has 0 aromatic rings. The van der Waals surface area contributed by atoms with Crippen LogP contribution in [-0.2, 0) is 4.79 Å². The van der Waals surface area contributed by atoms with Crippen molar-refractivity contribution in [3.63, 3.8) is 0 Å². The average Bonchev–Trinajstić information content (AvgIpc) is 2.31. The van der Waals surface area contributed by atoms with Crippen LogP contribution in [0.2, 0.25) is 0 Å². The van der Waals surface area contributed by atoms with E-state index in [0.717, 1.165) is 24.8 Å². The average molecular weight is 136 g/mol. The van der Waals surface area contributed by atoms with Gasteiger partial charge in [0.25, 0.3) is 0 Å². The number of ketones is 1. The van der Waals surface area contributed by atoms with Gasteiger partial charge in [-0.2, -0.15) is 0 Å². The van der Waals surface area contributed by atoms with Crippen LogP contribution in [0.5, 0.6) is 0 Å². The number of Topliss-reactive ketones (excluding diaryl/α,β-unsaturated/α-hetero) is 1. The molecule has 0 saturated heterocycles. The quantitative estimate of drug-likeness (QED) is 0.505. The van der Waals surface area contributed by atoms with Gasteiger partial charge in [-0.05, 0) is 25.3 Å². The molecule has 1 nitrogen and oxygen atoms in total. The zero-order chi connectivity index (χ0) is 7.40. The van der Waals surface area contributed by atoms with Gasteiger partial charge in [0.15, 0.2) is 5.78 Å². The van der Waals surface area contributed by atoms with Crippen LogP contribution >= 0.6 is 0 Å². The lowest BCUT2D eigenvalue weighted by molar-refractivity contribution is -0.114. The van der Waals surface area contributed by atoms with Crippen molar-refractivity contribution in [1.29, 1.82) is 0 Å². The molecule has 0 spiro atoms. The molecule has 1 heteroatoms. The van der Waals surface area contributed by atoms with Gasteiger partial charge < -0.3 is 0 Å². The van der Waals surface area contributed by atoms with E-state index in [1.807, 2.05) is 25.2 Å². The molecule has 0 aromatic carbocycles. The number of hydrogen-bond donors (Lipinski definition) is 0. The monoisotopic (exact) mass is 136 g/mol. The van der Waals surface area contributed by atoms with Crippen molar-refractivity contribution < 1.29 is 4.79 Å². The Morgan fingerprint density at radius 1 is 1.40 bits per heavy atom. The van der Waals surface area contributed by atoms with Crippen molar-refractivity contribution in [3.05, 3.63) is 23.8 Å². The first-order valence-electron chi connectivity index (χ1n) is 3.69. The van der Waals surface area contributed by atoms with E-state index in [4.69, 9.17) is 0 Å². The molecule has 0 heterocycles. The van der Waals surface area contributed by atoms with Crippen molar-refractivity contribution in [2.45, 2.75) is 26.2 Å². The van der Waals surface area contributed by atoms with E-state index in [0.29, 0.717) is 5.78 Å². The van der Waals surface area contributed by atoms with Gasteiger partial charge in [0.05, 0.1) is 0 Å². The van der Waals surface area contributed by atoms with Crippen molar-refractivity contribution in [2.24, 2.45) is 0 Å². The first kappa shape index (κ1) is 7.26. The van der Waals surface area contributed by atoms with Crippen LogP contribution in [0.4, 0.5) is 0 Å². The molecule has 1 fully saturated rings. The van der Waals surface area contributed by atoms with Gasteiger partial charge in [0.1, 0.15) is 0 Å². The van der Waals surface area contributed by atoms with Gasteiger partial charge in [-0.25, -0.2) is 0 Å². The molecule has 0 N–H and O–H groups in total. The normalized spacial score (nSPS) is 23.3. The molecule has 1 saturated carbocycles. The third-order valence-corrected chi connectivity index (χ3v) is 1.70. The maximum atomic E-state index is 11.0. The van der Waals surface area contributed by atoms with E-state index in [-0.39, 0.29) is 0 Å². The highest BCUT2D eigenvalue weighted by molar-refractivity contribution is 5.97. The summed E-state index contributed by atoms with van der Waals surface area (Å²) < 4.78 is 0. The predicted molar refractivity (Wildman–Crippen MR) is 41.8 cm³/mol. The van der Waals surface area contributed by atoms with Crippen molar-refractivity contribution in [2.75, 3.05) is 0 Å². The summed E-state index contributed by atoms with van der Waals surface area (Å²) in [7, 11) is 0. The summed E-state index contributed by atoms with van der Waals surface area (Å²) in [4.78, 5) is 11.0. The van der Waals surface area contributed by atoms with Crippen molar-refractivity contribution in [1.82, 2.24) is 0 Å². The molecule has 10 heavy (non-hydrogen) atoms. The van der Waals surface area contributed by atoms with Gasteiger partial charge in [0.2, 0.25) is 0 Å². The standard InChI is InChI=1S/C9H12O/c1-2-3-5-8-6-4-7-9(8)10/h2-3,5H,4,6-7H2,1H3/b3-2+,8-5+. The van der Waals surface area contributed by atoms with Crippen LogP contribution in [-0.4, -0.2) is 5.78 Å². The Hall–Kier alpha value is -0.850. The minimum atomic E-state index is 0.332. The van der Waals surface area contributed by atoms with Crippen LogP contribution in [0, 0.1) is 0 Å². The summed E-state index contributed by atoms with van der Waals surface area (Å²) >= 11 is 0. The molecule has 0 bridgehead atoms. The van der Waals surface area contributed by atoms with Gasteiger partial charge >= 0.3 is 0 Å². The molecule has 1 aliphatic carbocycles. The number of carbonyl (C=O) groups excluding carboxylic acids is 1. The third kappa shape index (κ3) is 1.56. The minimum Gasteiger partial charge on any atom is -0.295 e. The second kappa shape index (κ2) is 3.35. The molecule has 0 atom stereocenters. The maximum absolute atomic E-state index is 11.0. The Balaban J connectivity index is 2.62. The fraction of sp³-hybridized carbons (Fsp3) is 0.444. The highest BCUT2D eigenvalue weighted by Gasteiger charge is 2.14. The predicted octanol–water partition coefficient (Wildman–Crippen LogP) is 2.24. The summed E-state index contributed by atoms with van der Waals surface area (Å²) in [5, 5.41) is 0. The minimum absolute atomic E-state index is 0.332. The summed E-state index contributed by atoms with van der Waals surface area (Å²) in [5.41, 5.74) is 0.998. The Morgan fingerprint density at radius 3 is 2.70 bits per heavy atom. The van der Waals surface area contributed by atoms with E-state index in [1.165, 1.54) is 0 Å². The molecular formula is C9H12O. The summed E-state index contributed by atoms with van der Waals surface area (Å²) in [5.74, 6) is 0.332. The molecule has 0 aliphatic heterocycles. The van der Waals surface area contributed by atoms with Crippen LogP contribution in [0.1, 0.15) is 26.2 Å². The van der Waals surface area contributed by atoms with E-state index < -0.39 is 0 Å². The van der Waals surface area contributed by atoms with Crippen LogP contribution in [0.15, 0.2) is 23.8 Å². The topological polar surface area (TPSA) is 17.1 Å². The Kier molecular flexibility index (Phi) is 2.43. The van der Waals surface area contributed by atoms with Crippen LogP contribution < -0.4 is 0 Å². The van der Waals surface area contributed by atoms with E-state index >= 15 is 0 Å². The first-order chi connectivity index (χ1) is 4.84. The molecule has 0 amide bonds. The fourth-order valence-corrected chi connectivity index (χ4v) is 1.13. The Labute approximate surface area is 61.4 Å². The zero-order valence-electron chi connectivity index (χ0n) is 6.26. The third-order valence-electron chi connectivity index (χ3n) is 1.70.